The Hall–Kier alpha value is -1.24. The molecule has 1 N–H and O–H groups in total. The van der Waals surface area contributed by atoms with Crippen molar-refractivity contribution in [2.24, 2.45) is 0 Å². The zero-order chi connectivity index (χ0) is 16.8. The van der Waals surface area contributed by atoms with E-state index in [0.717, 1.165) is 0 Å². The second-order valence-corrected chi connectivity index (χ2v) is 5.18. The van der Waals surface area contributed by atoms with Gasteiger partial charge in [0.25, 0.3) is 5.91 Å². The van der Waals surface area contributed by atoms with Crippen LogP contribution in [0.5, 0.6) is 0 Å². The lowest BCUT2D eigenvalue weighted by atomic mass is 10.4. The molecule has 0 spiro atoms. The van der Waals surface area contributed by atoms with Crippen molar-refractivity contribution < 1.29 is 9.00 Å². The second kappa shape index (κ2) is 23.0. The van der Waals surface area contributed by atoms with Crippen LogP contribution < -0.4 is 4.72 Å². The van der Waals surface area contributed by atoms with Crippen molar-refractivity contribution in [3.63, 3.8) is 0 Å². The highest BCUT2D eigenvalue weighted by Gasteiger charge is 2.12. The van der Waals surface area contributed by atoms with Gasteiger partial charge in [-0.15, -0.1) is 0 Å². The van der Waals surface area contributed by atoms with Crippen molar-refractivity contribution >= 4 is 29.9 Å². The number of rotatable bonds is 3. The number of hydrogen-bond acceptors (Lipinski definition) is 3. The molecule has 0 fully saturated rings. The van der Waals surface area contributed by atoms with E-state index in [1.54, 1.807) is 6.07 Å². The van der Waals surface area contributed by atoms with Crippen LogP contribution in [-0.4, -0.2) is 40.4 Å². The average Bonchev–Trinajstić information content (AvgIpc) is 2.92. The number of carbonyl (C=O) groups excluding carboxylic acids is 1. The summed E-state index contributed by atoms with van der Waals surface area (Å²) in [5.74, 6) is 2.93. The van der Waals surface area contributed by atoms with Gasteiger partial charge in [-0.3, -0.25) is 14.2 Å². The molecule has 1 rings (SSSR count). The van der Waals surface area contributed by atoms with Crippen LogP contribution in [0.4, 0.5) is 0 Å². The van der Waals surface area contributed by atoms with E-state index in [1.807, 2.05) is 48.5 Å². The summed E-state index contributed by atoms with van der Waals surface area (Å²) in [6.07, 6.45) is 2.90. The summed E-state index contributed by atoms with van der Waals surface area (Å²) in [6.45, 7) is 14.5. The number of hydrogen-bond donors (Lipinski definition) is 1. The first-order chi connectivity index (χ1) is 9.44. The number of carbonyl (C=O) groups is 1. The predicted molar refractivity (Wildman–Crippen MR) is 110 cm³/mol. The van der Waals surface area contributed by atoms with E-state index in [9.17, 15) is 9.00 Å². The van der Waals surface area contributed by atoms with Gasteiger partial charge in [-0.05, 0) is 18.9 Å². The smallest absolute Gasteiger partial charge is 0.278 e. The molecule has 0 saturated carbocycles. The minimum absolute atomic E-state index is 0. The number of aryl methyl sites for hydroxylation is 1. The molecule has 1 unspecified atom stereocenters. The number of amides is 1. The maximum Gasteiger partial charge on any atom is 0.280 e. The van der Waals surface area contributed by atoms with Crippen molar-refractivity contribution in [1.82, 2.24) is 14.5 Å². The van der Waals surface area contributed by atoms with E-state index in [4.69, 9.17) is 0 Å². The van der Waals surface area contributed by atoms with Gasteiger partial charge < -0.3 is 0 Å². The van der Waals surface area contributed by atoms with Gasteiger partial charge in [-0.25, -0.2) is 4.21 Å². The lowest BCUT2D eigenvalue weighted by Gasteiger charge is -2.06. The summed E-state index contributed by atoms with van der Waals surface area (Å²) < 4.78 is 15.1. The first-order valence-corrected chi connectivity index (χ1v) is 9.23. The maximum atomic E-state index is 11.5. The minimum atomic E-state index is -2.52. The van der Waals surface area contributed by atoms with Crippen LogP contribution in [0, 0.1) is 0 Å². The van der Waals surface area contributed by atoms with Gasteiger partial charge in [-0.1, -0.05) is 56.4 Å². The molecule has 1 amide bonds. The third-order valence-corrected chi connectivity index (χ3v) is 2.17. The van der Waals surface area contributed by atoms with Crippen molar-refractivity contribution in [3.8, 4) is 0 Å². The molecule has 7 heteroatoms. The van der Waals surface area contributed by atoms with E-state index < -0.39 is 15.6 Å². The molecule has 1 atom stereocenters. The van der Waals surface area contributed by atoms with Crippen molar-refractivity contribution in [2.45, 2.75) is 69.9 Å². The molecule has 139 valence electrons. The SMILES string of the molecule is C.C.C=S(C)(=O)NC(=O)c1ccnn1CC.CC.CC.CC.[B]. The summed E-state index contributed by atoms with van der Waals surface area (Å²) >= 11 is 0. The van der Waals surface area contributed by atoms with E-state index in [1.165, 1.54) is 17.1 Å². The largest absolute Gasteiger partial charge is 0.280 e. The van der Waals surface area contributed by atoms with Gasteiger partial charge in [0.15, 0.2) is 0 Å². The van der Waals surface area contributed by atoms with Crippen LogP contribution in [0.2, 0.25) is 0 Å². The Balaban J connectivity index is -0.0000000722. The minimum Gasteiger partial charge on any atom is -0.278 e. The van der Waals surface area contributed by atoms with E-state index in [2.05, 4.69) is 15.7 Å². The number of nitrogens with zero attached hydrogens (tertiary/aromatic N) is 2. The summed E-state index contributed by atoms with van der Waals surface area (Å²) in [6, 6.07) is 1.57. The molecule has 5 nitrogen and oxygen atoms in total. The fourth-order valence-corrected chi connectivity index (χ4v) is 1.52. The number of aromatic nitrogens is 2. The predicted octanol–water partition coefficient (Wildman–Crippen LogP) is 3.86. The lowest BCUT2D eigenvalue weighted by molar-refractivity contribution is 0.0972. The molecule has 1 aromatic heterocycles. The molecular formula is C16H39BN3O2S. The molecule has 1 aromatic rings. The Bertz CT molecular complexity index is 444. The van der Waals surface area contributed by atoms with E-state index in [0.29, 0.717) is 12.2 Å². The van der Waals surface area contributed by atoms with E-state index >= 15 is 0 Å². The van der Waals surface area contributed by atoms with Gasteiger partial charge in [0, 0.05) is 37.1 Å². The van der Waals surface area contributed by atoms with Crippen LogP contribution in [0.1, 0.15) is 73.8 Å². The fraction of sp³-hybridized carbons (Fsp3) is 0.688. The quantitative estimate of drug-likeness (QED) is 0.666. The summed E-state index contributed by atoms with van der Waals surface area (Å²) in [5.41, 5.74) is 0.394. The first-order valence-electron chi connectivity index (χ1n) is 7.10. The molecular weight excluding hydrogens is 309 g/mol. The first kappa shape index (κ1) is 37.8. The van der Waals surface area contributed by atoms with E-state index in [-0.39, 0.29) is 23.3 Å². The molecule has 3 radical (unpaired) electrons. The molecule has 0 aliphatic carbocycles. The molecule has 0 saturated heterocycles. The number of nitrogens with one attached hydrogen (secondary N) is 1. The highest BCUT2D eigenvalue weighted by atomic mass is 32.2. The molecule has 0 aliphatic rings. The van der Waals surface area contributed by atoms with Gasteiger partial charge in [0.2, 0.25) is 0 Å². The Labute approximate surface area is 148 Å². The third kappa shape index (κ3) is 18.7. The Morgan fingerprint density at radius 2 is 1.61 bits per heavy atom. The zero-order valence-electron chi connectivity index (χ0n) is 14.8. The maximum absolute atomic E-state index is 11.5. The van der Waals surface area contributed by atoms with Gasteiger partial charge in [0.1, 0.15) is 5.69 Å². The molecule has 0 aromatic carbocycles. The van der Waals surface area contributed by atoms with Crippen LogP contribution in [0.3, 0.4) is 0 Å². The summed E-state index contributed by atoms with van der Waals surface area (Å²) in [7, 11) is -2.52. The highest BCUT2D eigenvalue weighted by Crippen LogP contribution is 1.98. The molecule has 23 heavy (non-hydrogen) atoms. The van der Waals surface area contributed by atoms with Gasteiger partial charge >= 0.3 is 0 Å². The standard InChI is InChI=1S/C8H13N3O2S.3C2H6.2CH4.B/c1-4-11-7(5-6-9-11)8(12)10-14(2,3)13;3*1-2;;;/h5-6H,2,4H2,1,3H3,(H,10,12,13);3*1-2H3;2*1H4;. The molecule has 0 bridgehead atoms. The van der Waals surface area contributed by atoms with Gasteiger partial charge in [0.05, 0.1) is 0 Å². The second-order valence-electron chi connectivity index (χ2n) is 2.97. The van der Waals surface area contributed by atoms with Gasteiger partial charge in [-0.2, -0.15) is 5.10 Å². The van der Waals surface area contributed by atoms with Crippen LogP contribution in [-0.2, 0) is 16.3 Å². The topological polar surface area (TPSA) is 64.0 Å². The Kier molecular flexibility index (Phi) is 37.8. The fourth-order valence-electron chi connectivity index (χ4n) is 1.03. The summed E-state index contributed by atoms with van der Waals surface area (Å²) in [5, 5.41) is 3.93. The normalized spacial score (nSPS) is 9.74. The summed E-state index contributed by atoms with van der Waals surface area (Å²) in [4.78, 5) is 11.5. The van der Waals surface area contributed by atoms with Crippen LogP contribution in [0.25, 0.3) is 0 Å². The average molecular weight is 348 g/mol. The van der Waals surface area contributed by atoms with Crippen LogP contribution >= 0.6 is 0 Å². The molecule has 0 aliphatic heterocycles. The Morgan fingerprint density at radius 3 is 1.91 bits per heavy atom. The highest BCUT2D eigenvalue weighted by molar-refractivity contribution is 7.98. The van der Waals surface area contributed by atoms with Crippen LogP contribution in [0.15, 0.2) is 12.3 Å². The zero-order valence-corrected chi connectivity index (χ0v) is 15.6. The van der Waals surface area contributed by atoms with Crippen molar-refractivity contribution in [2.75, 3.05) is 6.26 Å². The van der Waals surface area contributed by atoms with Crippen molar-refractivity contribution in [1.29, 1.82) is 0 Å². The van der Waals surface area contributed by atoms with Crippen molar-refractivity contribution in [3.05, 3.63) is 18.0 Å². The third-order valence-electron chi connectivity index (χ3n) is 1.56. The lowest BCUT2D eigenvalue weighted by Crippen LogP contribution is -2.31. The Morgan fingerprint density at radius 1 is 1.22 bits per heavy atom. The molecule has 1 heterocycles. The monoisotopic (exact) mass is 348 g/mol.